The van der Waals surface area contributed by atoms with Gasteiger partial charge in [-0.2, -0.15) is 5.26 Å². The van der Waals surface area contributed by atoms with E-state index in [9.17, 15) is 24.8 Å². The Morgan fingerprint density at radius 2 is 1.56 bits per heavy atom. The molecule has 0 fully saturated rings. The van der Waals surface area contributed by atoms with E-state index in [1.807, 2.05) is 97.1 Å². The number of benzene rings is 6. The van der Waals surface area contributed by atoms with Crippen molar-refractivity contribution in [2.75, 3.05) is 11.9 Å². The lowest BCUT2D eigenvalue weighted by molar-refractivity contribution is -0.148. The molecule has 0 saturated carbocycles. The summed E-state index contributed by atoms with van der Waals surface area (Å²) >= 11 is 12.2. The van der Waals surface area contributed by atoms with Crippen molar-refractivity contribution >= 4 is 46.7 Å². The number of fused-ring (bicyclic) bond motifs is 2. The average Bonchev–Trinajstić information content (AvgIpc) is 3.31. The number of amides is 2. The molecule has 324 valence electrons. The molecule has 2 amide bonds. The van der Waals surface area contributed by atoms with Crippen LogP contribution in [0.15, 0.2) is 133 Å². The Balaban J connectivity index is 1.04. The Hall–Kier alpha value is -6.64. The molecule has 12 heteroatoms. The van der Waals surface area contributed by atoms with Crippen molar-refractivity contribution < 1.29 is 29.0 Å². The normalized spacial score (nSPS) is 17.2. The van der Waals surface area contributed by atoms with Crippen LogP contribution in [0.2, 0.25) is 10.0 Å². The third-order valence-corrected chi connectivity index (χ3v) is 12.9. The highest BCUT2D eigenvalue weighted by molar-refractivity contribution is 6.42. The van der Waals surface area contributed by atoms with E-state index in [4.69, 9.17) is 32.7 Å². The summed E-state index contributed by atoms with van der Waals surface area (Å²) < 4.78 is 12.5. The molecule has 8 rings (SSSR count). The maximum absolute atomic E-state index is 14.7. The number of anilines is 1. The number of ether oxygens (including phenoxy) is 2. The number of halogens is 2. The maximum Gasteiger partial charge on any atom is 0.329 e. The first kappa shape index (κ1) is 44.0. The fourth-order valence-corrected chi connectivity index (χ4v) is 8.91. The van der Waals surface area contributed by atoms with Gasteiger partial charge in [-0.1, -0.05) is 115 Å². The van der Waals surface area contributed by atoms with Gasteiger partial charge in [0.2, 0.25) is 12.0 Å². The van der Waals surface area contributed by atoms with Crippen LogP contribution >= 0.6 is 23.2 Å². The van der Waals surface area contributed by atoms with E-state index in [2.05, 4.69) is 23.2 Å². The van der Waals surface area contributed by atoms with E-state index in [1.54, 1.807) is 55.3 Å². The van der Waals surface area contributed by atoms with Crippen molar-refractivity contribution in [1.82, 2.24) is 10.2 Å². The van der Waals surface area contributed by atoms with E-state index < -0.39 is 29.6 Å². The largest absolute Gasteiger partial charge is 0.489 e. The van der Waals surface area contributed by atoms with Crippen LogP contribution in [0.3, 0.4) is 0 Å². The van der Waals surface area contributed by atoms with Crippen LogP contribution in [0.25, 0.3) is 11.1 Å². The van der Waals surface area contributed by atoms with E-state index in [1.165, 1.54) is 0 Å². The molecular weight excluding hydrogens is 847 g/mol. The van der Waals surface area contributed by atoms with Gasteiger partial charge >= 0.3 is 5.97 Å². The molecule has 2 N–H and O–H groups in total. The van der Waals surface area contributed by atoms with Crippen molar-refractivity contribution in [3.63, 3.8) is 0 Å². The molecule has 4 atom stereocenters. The second-order valence-corrected chi connectivity index (χ2v) is 17.3. The predicted molar refractivity (Wildman–Crippen MR) is 247 cm³/mol. The van der Waals surface area contributed by atoms with Crippen molar-refractivity contribution in [1.29, 1.82) is 5.26 Å². The first-order valence-electron chi connectivity index (χ1n) is 21.1. The van der Waals surface area contributed by atoms with Crippen LogP contribution in [-0.4, -0.2) is 46.4 Å². The second-order valence-electron chi connectivity index (χ2n) is 16.5. The molecule has 64 heavy (non-hydrogen) atoms. The molecule has 0 aromatic heterocycles. The molecule has 0 saturated heterocycles. The number of hydrogen-bond donors (Lipinski definition) is 2. The number of hydrogen-bond acceptors (Lipinski definition) is 7. The summed E-state index contributed by atoms with van der Waals surface area (Å²) in [6.07, 6.45) is 0.126. The fraction of sp³-hybridized carbons (Fsp3) is 0.231. The van der Waals surface area contributed by atoms with Crippen LogP contribution in [-0.2, 0) is 40.4 Å². The molecule has 2 aliphatic rings. The number of carbonyl (C=O) groups is 3. The predicted octanol–water partition coefficient (Wildman–Crippen LogP) is 10.3. The molecule has 0 aliphatic carbocycles. The number of carboxylic acid groups (broad SMARTS) is 1. The summed E-state index contributed by atoms with van der Waals surface area (Å²) in [5.41, 5.74) is 6.51. The van der Waals surface area contributed by atoms with Crippen LogP contribution in [0.1, 0.15) is 71.4 Å². The van der Waals surface area contributed by atoms with Gasteiger partial charge in [-0.15, -0.1) is 0 Å². The van der Waals surface area contributed by atoms with Gasteiger partial charge in [0.05, 0.1) is 33.4 Å². The SMILES string of the molecule is CC[C@@H](c1ccccc1)N1Cc2cc3c(cc2CC1C(=O)N[C@@](C)(Cc1ccc(-c2ccc(C#N)cc2)cc1)C(=O)O)N(C)C(=O)[C@H](c1ccc(OCc2ccc(Cl)c(Cl)c2)cc1)O3. The number of nitrogens with one attached hydrogen (secondary N) is 1. The third kappa shape index (κ3) is 9.20. The summed E-state index contributed by atoms with van der Waals surface area (Å²) in [6, 6.07) is 42.5. The number of likely N-dealkylation sites (N-methyl/N-ethyl adjacent to an activating group) is 1. The Labute approximate surface area is 382 Å². The van der Waals surface area contributed by atoms with Crippen molar-refractivity contribution in [3.8, 4) is 28.7 Å². The molecule has 0 spiro atoms. The van der Waals surface area contributed by atoms with E-state index in [0.29, 0.717) is 51.3 Å². The number of carbonyl (C=O) groups excluding carboxylic acids is 2. The highest BCUT2D eigenvalue weighted by atomic mass is 35.5. The zero-order valence-corrected chi connectivity index (χ0v) is 37.1. The van der Waals surface area contributed by atoms with Gasteiger partial charge < -0.3 is 24.8 Å². The summed E-state index contributed by atoms with van der Waals surface area (Å²) in [5, 5.41) is 23.7. The lowest BCUT2D eigenvalue weighted by atomic mass is 9.87. The van der Waals surface area contributed by atoms with Crippen LogP contribution in [0, 0.1) is 11.3 Å². The van der Waals surface area contributed by atoms with Gasteiger partial charge in [0.1, 0.15) is 23.6 Å². The van der Waals surface area contributed by atoms with Crippen LogP contribution in [0.5, 0.6) is 11.5 Å². The first-order valence-corrected chi connectivity index (χ1v) is 21.8. The smallest absolute Gasteiger partial charge is 0.329 e. The summed E-state index contributed by atoms with van der Waals surface area (Å²) in [6.45, 7) is 4.29. The molecule has 10 nitrogen and oxygen atoms in total. The maximum atomic E-state index is 14.7. The van der Waals surface area contributed by atoms with Crippen LogP contribution in [0.4, 0.5) is 5.69 Å². The van der Waals surface area contributed by atoms with Gasteiger partial charge in [0, 0.05) is 31.6 Å². The summed E-state index contributed by atoms with van der Waals surface area (Å²) in [4.78, 5) is 45.4. The minimum atomic E-state index is -1.63. The molecule has 6 aromatic rings. The molecule has 0 bridgehead atoms. The third-order valence-electron chi connectivity index (χ3n) is 12.2. The Morgan fingerprint density at radius 3 is 2.20 bits per heavy atom. The lowest BCUT2D eigenvalue weighted by Gasteiger charge is -2.43. The standard InChI is InChI=1S/C52H46Cl2N4O6/c1-4-44(37-8-6-5-7-9-37)58-30-40-27-47-45(57(3)50(60)48(64-47)38-19-21-41(22-20-38)63-31-34-14-23-42(53)43(54)24-34)25-39(40)26-46(58)49(59)56-52(2,51(61)62)28-32-10-15-35(16-11-32)36-17-12-33(29-55)13-18-36/h5-25,27,44,46,48H,4,26,28,30-31H2,1-3H3,(H,56,59)(H,61,62)/t44-,46?,48-,52-/m0/s1. The van der Waals surface area contributed by atoms with Crippen LogP contribution < -0.4 is 19.7 Å². The Kier molecular flexibility index (Phi) is 12.8. The Morgan fingerprint density at radius 1 is 0.891 bits per heavy atom. The minimum Gasteiger partial charge on any atom is -0.489 e. The quantitative estimate of drug-likeness (QED) is 0.117. The highest BCUT2D eigenvalue weighted by Crippen LogP contribution is 2.44. The van der Waals surface area contributed by atoms with Gasteiger partial charge in [-0.25, -0.2) is 4.79 Å². The first-order chi connectivity index (χ1) is 30.8. The summed E-state index contributed by atoms with van der Waals surface area (Å²) in [5.74, 6) is -0.642. The number of rotatable bonds is 13. The molecule has 1 unspecified atom stereocenters. The molecule has 6 aromatic carbocycles. The second kappa shape index (κ2) is 18.6. The Bertz CT molecular complexity index is 2740. The van der Waals surface area contributed by atoms with Gasteiger partial charge in [-0.05, 0) is 107 Å². The number of carboxylic acids is 1. The number of nitriles is 1. The van der Waals surface area contributed by atoms with E-state index >= 15 is 0 Å². The van der Waals surface area contributed by atoms with E-state index in [-0.39, 0.29) is 31.4 Å². The molecule has 2 aliphatic heterocycles. The van der Waals surface area contributed by atoms with Gasteiger partial charge in [0.15, 0.2) is 0 Å². The molecule has 0 radical (unpaired) electrons. The van der Waals surface area contributed by atoms with Gasteiger partial charge in [0.25, 0.3) is 5.91 Å². The number of nitrogens with zero attached hydrogens (tertiary/aromatic N) is 3. The van der Waals surface area contributed by atoms with Crippen molar-refractivity contribution in [2.45, 2.75) is 70.0 Å². The van der Waals surface area contributed by atoms with Gasteiger partial charge in [-0.3, -0.25) is 14.5 Å². The lowest BCUT2D eigenvalue weighted by Crippen LogP contribution is -2.60. The highest BCUT2D eigenvalue weighted by Gasteiger charge is 2.43. The van der Waals surface area contributed by atoms with Crippen molar-refractivity contribution in [2.24, 2.45) is 0 Å². The zero-order valence-electron chi connectivity index (χ0n) is 35.6. The number of aliphatic carboxylic acids is 1. The molecule has 2 heterocycles. The average molecular weight is 894 g/mol. The van der Waals surface area contributed by atoms with Crippen molar-refractivity contribution in [3.05, 3.63) is 182 Å². The monoisotopic (exact) mass is 892 g/mol. The zero-order chi connectivity index (χ0) is 45.1. The molecular formula is C52H46Cl2N4O6. The summed E-state index contributed by atoms with van der Waals surface area (Å²) in [7, 11) is 1.72. The fourth-order valence-electron chi connectivity index (χ4n) is 8.59. The topological polar surface area (TPSA) is 132 Å². The minimum absolute atomic E-state index is 0.0499. The van der Waals surface area contributed by atoms with E-state index in [0.717, 1.165) is 38.9 Å².